The van der Waals surface area contributed by atoms with Gasteiger partial charge in [-0.25, -0.2) is 0 Å². The summed E-state index contributed by atoms with van der Waals surface area (Å²) < 4.78 is 22.9. The molecule has 2 bridgehead atoms. The van der Waals surface area contributed by atoms with Crippen molar-refractivity contribution in [3.05, 3.63) is 11.1 Å². The van der Waals surface area contributed by atoms with E-state index in [1.165, 1.54) is 20.8 Å². The molecule has 0 amide bonds. The number of aliphatic hydroxyl groups excluding tert-OH is 2. The molecule has 1 saturated heterocycles. The van der Waals surface area contributed by atoms with Crippen LogP contribution >= 0.6 is 0 Å². The van der Waals surface area contributed by atoms with Crippen molar-refractivity contribution in [2.24, 2.45) is 16.7 Å². The van der Waals surface area contributed by atoms with E-state index in [-0.39, 0.29) is 25.9 Å². The Morgan fingerprint density at radius 1 is 0.972 bits per heavy atom. The molecule has 0 aromatic rings. The maximum absolute atomic E-state index is 12.4. The molecule has 1 heterocycles. The first-order valence-corrected chi connectivity index (χ1v) is 12.5. The van der Waals surface area contributed by atoms with Crippen molar-refractivity contribution in [1.82, 2.24) is 0 Å². The highest BCUT2D eigenvalue weighted by atomic mass is 16.6. The van der Waals surface area contributed by atoms with Gasteiger partial charge < -0.3 is 34.3 Å². The number of aliphatic hydroxyl groups is 3. The summed E-state index contributed by atoms with van der Waals surface area (Å²) in [6.07, 6.45) is -5.08. The molecule has 3 fully saturated rings. The summed E-state index contributed by atoms with van der Waals surface area (Å²) in [6.45, 7) is 10.8. The third-order valence-corrected chi connectivity index (χ3v) is 9.50. The van der Waals surface area contributed by atoms with Crippen LogP contribution in [-0.4, -0.2) is 81.6 Å². The normalized spacial score (nSPS) is 45.2. The molecule has 2 saturated carbocycles. The molecule has 10 nitrogen and oxygen atoms in total. The zero-order valence-corrected chi connectivity index (χ0v) is 22.0. The predicted octanol–water partition coefficient (Wildman–Crippen LogP) is 1.18. The van der Waals surface area contributed by atoms with Crippen molar-refractivity contribution in [1.29, 1.82) is 0 Å². The van der Waals surface area contributed by atoms with Gasteiger partial charge in [-0.3, -0.25) is 14.4 Å². The van der Waals surface area contributed by atoms with Crippen molar-refractivity contribution >= 4 is 17.9 Å². The first-order valence-electron chi connectivity index (χ1n) is 12.5. The third kappa shape index (κ3) is 3.63. The average molecular weight is 511 g/mol. The number of carbonyl (C=O) groups excluding carboxylic acids is 3. The van der Waals surface area contributed by atoms with Crippen LogP contribution in [-0.2, 0) is 33.3 Å². The quantitative estimate of drug-likeness (QED) is 0.287. The smallest absolute Gasteiger partial charge is 0.303 e. The second-order valence-corrected chi connectivity index (χ2v) is 11.8. The highest BCUT2D eigenvalue weighted by Gasteiger charge is 2.73. The van der Waals surface area contributed by atoms with E-state index in [9.17, 15) is 29.7 Å². The van der Waals surface area contributed by atoms with Gasteiger partial charge >= 0.3 is 17.9 Å². The fourth-order valence-electron chi connectivity index (χ4n) is 7.41. The van der Waals surface area contributed by atoms with Gasteiger partial charge in [0.25, 0.3) is 0 Å². The SMILES string of the molecule is CC(=O)OC1C[C@]2(O)CC3[C@]4(OC(C)=O)COC4CC(O)[C@@]3(C)C(O)C(OC(C)=O)C(=C1C)C2(C)C. The maximum atomic E-state index is 12.4. The summed E-state index contributed by atoms with van der Waals surface area (Å²) in [7, 11) is 0. The van der Waals surface area contributed by atoms with E-state index in [0.717, 1.165) is 0 Å². The summed E-state index contributed by atoms with van der Waals surface area (Å²) in [5, 5.41) is 35.8. The van der Waals surface area contributed by atoms with Gasteiger partial charge in [0.1, 0.15) is 18.3 Å². The zero-order chi connectivity index (χ0) is 27.0. The number of rotatable bonds is 3. The largest absolute Gasteiger partial charge is 0.458 e. The highest BCUT2D eigenvalue weighted by Crippen LogP contribution is 2.64. The molecule has 202 valence electrons. The summed E-state index contributed by atoms with van der Waals surface area (Å²) in [4.78, 5) is 36.5. The molecule has 0 aromatic heterocycles. The number of hydrogen-bond acceptors (Lipinski definition) is 10. The molecule has 10 heteroatoms. The molecule has 0 radical (unpaired) electrons. The minimum absolute atomic E-state index is 0.0130. The molecule has 1 aliphatic heterocycles. The zero-order valence-electron chi connectivity index (χ0n) is 22.0. The van der Waals surface area contributed by atoms with Gasteiger partial charge in [-0.05, 0) is 24.5 Å². The van der Waals surface area contributed by atoms with E-state index in [0.29, 0.717) is 11.1 Å². The lowest BCUT2D eigenvalue weighted by atomic mass is 9.45. The van der Waals surface area contributed by atoms with Crippen LogP contribution in [0, 0.1) is 16.7 Å². The lowest BCUT2D eigenvalue weighted by Crippen LogP contribution is -2.78. The van der Waals surface area contributed by atoms with Crippen molar-refractivity contribution in [3.63, 3.8) is 0 Å². The molecular weight excluding hydrogens is 472 g/mol. The van der Waals surface area contributed by atoms with Crippen LogP contribution in [0.1, 0.15) is 67.7 Å². The van der Waals surface area contributed by atoms with Crippen molar-refractivity contribution in [2.45, 2.75) is 109 Å². The molecule has 3 N–H and O–H groups in total. The van der Waals surface area contributed by atoms with Crippen LogP contribution in [0.5, 0.6) is 0 Å². The van der Waals surface area contributed by atoms with Gasteiger partial charge in [0, 0.05) is 50.4 Å². The van der Waals surface area contributed by atoms with E-state index in [1.807, 2.05) is 0 Å². The topological polar surface area (TPSA) is 149 Å². The lowest BCUT2D eigenvalue weighted by Gasteiger charge is -2.67. The third-order valence-electron chi connectivity index (χ3n) is 9.50. The Balaban J connectivity index is 1.99. The molecule has 4 rings (SSSR count). The Kier molecular flexibility index (Phi) is 6.39. The Bertz CT molecular complexity index is 1000. The van der Waals surface area contributed by atoms with E-state index in [2.05, 4.69) is 0 Å². The molecule has 0 aromatic carbocycles. The molecule has 36 heavy (non-hydrogen) atoms. The van der Waals surface area contributed by atoms with E-state index < -0.39 is 76.4 Å². The average Bonchev–Trinajstić information content (AvgIpc) is 2.73. The Morgan fingerprint density at radius 2 is 1.58 bits per heavy atom. The van der Waals surface area contributed by atoms with Gasteiger partial charge in [-0.2, -0.15) is 0 Å². The summed E-state index contributed by atoms with van der Waals surface area (Å²) in [5.74, 6) is -2.51. The minimum Gasteiger partial charge on any atom is -0.458 e. The highest BCUT2D eigenvalue weighted by molar-refractivity contribution is 5.68. The van der Waals surface area contributed by atoms with Gasteiger partial charge in [-0.1, -0.05) is 20.8 Å². The van der Waals surface area contributed by atoms with Crippen molar-refractivity contribution < 1.29 is 48.7 Å². The molecular formula is C26H38O10. The van der Waals surface area contributed by atoms with Crippen LogP contribution in [0.4, 0.5) is 0 Å². The number of hydrogen-bond donors (Lipinski definition) is 3. The molecule has 6 unspecified atom stereocenters. The van der Waals surface area contributed by atoms with Crippen molar-refractivity contribution in [2.75, 3.05) is 6.61 Å². The second-order valence-electron chi connectivity index (χ2n) is 11.8. The van der Waals surface area contributed by atoms with Crippen LogP contribution in [0.15, 0.2) is 11.1 Å². The molecule has 4 aliphatic rings. The maximum Gasteiger partial charge on any atom is 0.303 e. The van der Waals surface area contributed by atoms with Crippen molar-refractivity contribution in [3.8, 4) is 0 Å². The van der Waals surface area contributed by atoms with Gasteiger partial charge in [-0.15, -0.1) is 0 Å². The number of esters is 3. The lowest BCUT2D eigenvalue weighted by molar-refractivity contribution is -0.346. The minimum atomic E-state index is -1.54. The number of fused-ring (bicyclic) bond motifs is 5. The second kappa shape index (κ2) is 8.51. The molecule has 9 atom stereocenters. The van der Waals surface area contributed by atoms with Crippen LogP contribution in [0.25, 0.3) is 0 Å². The van der Waals surface area contributed by atoms with Crippen LogP contribution < -0.4 is 0 Å². The Morgan fingerprint density at radius 3 is 2.08 bits per heavy atom. The fraction of sp³-hybridized carbons (Fsp3) is 0.808. The van der Waals surface area contributed by atoms with Gasteiger partial charge in [0.05, 0.1) is 18.3 Å². The molecule has 3 aliphatic carbocycles. The Hall–Kier alpha value is -2.01. The van der Waals surface area contributed by atoms with E-state index in [1.54, 1.807) is 27.7 Å². The van der Waals surface area contributed by atoms with Gasteiger partial charge in [0.15, 0.2) is 11.7 Å². The predicted molar refractivity (Wildman–Crippen MR) is 124 cm³/mol. The number of carbonyl (C=O) groups is 3. The van der Waals surface area contributed by atoms with Crippen LogP contribution in [0.3, 0.4) is 0 Å². The fourth-order valence-corrected chi connectivity index (χ4v) is 7.41. The summed E-state index contributed by atoms with van der Waals surface area (Å²) in [6, 6.07) is 0. The van der Waals surface area contributed by atoms with Gasteiger partial charge in [0.2, 0.25) is 0 Å². The van der Waals surface area contributed by atoms with E-state index in [4.69, 9.17) is 18.9 Å². The first-order chi connectivity index (χ1) is 16.5. The first kappa shape index (κ1) is 27.0. The Labute approximate surface area is 210 Å². The molecule has 0 spiro atoms. The van der Waals surface area contributed by atoms with Crippen LogP contribution in [0.2, 0.25) is 0 Å². The standard InChI is InChI=1S/C26H38O10/c1-12-16(34-13(2)27)9-25(32)10-17-24(7,18(30)8-19-26(17,11-33-19)36-15(4)29)22(31)21(35-14(3)28)20(12)23(25,5)6/h16-19,21-22,30-32H,8-11H2,1-7H3/t16?,17?,18?,19?,21?,22?,24-,25-,26+/m0/s1. The van der Waals surface area contributed by atoms with E-state index >= 15 is 0 Å². The summed E-state index contributed by atoms with van der Waals surface area (Å²) in [5.41, 5.74) is -4.10. The monoisotopic (exact) mass is 510 g/mol. The number of ether oxygens (including phenoxy) is 4. The summed E-state index contributed by atoms with van der Waals surface area (Å²) >= 11 is 0.